The molecule has 0 bridgehead atoms. The molecule has 8 nitrogen and oxygen atoms in total. The number of hydrogen-bond donors (Lipinski definition) is 3. The zero-order valence-corrected chi connectivity index (χ0v) is 51.3. The number of phosphoric acid groups is 1. The van der Waals surface area contributed by atoms with Crippen molar-refractivity contribution in [3.05, 3.63) is 24.3 Å². The Morgan fingerprint density at radius 3 is 1.04 bits per heavy atom. The van der Waals surface area contributed by atoms with E-state index in [1.165, 1.54) is 283 Å². The summed E-state index contributed by atoms with van der Waals surface area (Å²) >= 11 is 0. The van der Waals surface area contributed by atoms with E-state index in [4.69, 9.17) is 9.05 Å². The van der Waals surface area contributed by atoms with Gasteiger partial charge in [-0.05, 0) is 44.9 Å². The highest BCUT2D eigenvalue weighted by Gasteiger charge is 2.28. The van der Waals surface area contributed by atoms with Crippen LogP contribution >= 0.6 is 7.82 Å². The van der Waals surface area contributed by atoms with E-state index in [2.05, 4.69) is 31.3 Å². The van der Waals surface area contributed by atoms with E-state index in [1.54, 1.807) is 6.08 Å². The number of phosphoric ester groups is 1. The second-order valence-electron chi connectivity index (χ2n) is 23.8. The van der Waals surface area contributed by atoms with Gasteiger partial charge in [0.15, 0.2) is 0 Å². The van der Waals surface area contributed by atoms with Crippen molar-refractivity contribution in [2.75, 3.05) is 40.9 Å². The Labute approximate surface area is 462 Å². The number of aliphatic hydroxyl groups is 1. The summed E-state index contributed by atoms with van der Waals surface area (Å²) in [6, 6.07) is -0.845. The summed E-state index contributed by atoms with van der Waals surface area (Å²) in [4.78, 5) is 23.4. The first-order chi connectivity index (χ1) is 36.0. The van der Waals surface area contributed by atoms with Crippen LogP contribution in [-0.4, -0.2) is 73.4 Å². The van der Waals surface area contributed by atoms with Gasteiger partial charge in [0.05, 0.1) is 39.9 Å². The van der Waals surface area contributed by atoms with Crippen LogP contribution < -0.4 is 5.32 Å². The Morgan fingerprint density at radius 2 is 0.730 bits per heavy atom. The Morgan fingerprint density at radius 1 is 0.446 bits per heavy atom. The molecule has 74 heavy (non-hydrogen) atoms. The van der Waals surface area contributed by atoms with Gasteiger partial charge < -0.3 is 19.8 Å². The number of carbonyl (C=O) groups is 1. The fraction of sp³-hybridized carbons (Fsp3) is 0.923. The first kappa shape index (κ1) is 73.0. The lowest BCUT2D eigenvalue weighted by Gasteiger charge is -2.25. The van der Waals surface area contributed by atoms with Crippen molar-refractivity contribution < 1.29 is 32.9 Å². The Kier molecular flexibility index (Phi) is 55.9. The van der Waals surface area contributed by atoms with Crippen molar-refractivity contribution >= 4 is 13.7 Å². The number of aliphatic hydroxyl groups excluding tert-OH is 1. The van der Waals surface area contributed by atoms with Crippen LogP contribution in [0.1, 0.15) is 335 Å². The quantitative estimate of drug-likeness (QED) is 0.0243. The molecule has 3 atom stereocenters. The van der Waals surface area contributed by atoms with Gasteiger partial charge in [0.1, 0.15) is 13.2 Å². The zero-order chi connectivity index (χ0) is 54.2. The summed E-state index contributed by atoms with van der Waals surface area (Å²) in [5.41, 5.74) is 0. The lowest BCUT2D eigenvalue weighted by Crippen LogP contribution is -2.45. The molecule has 0 spiro atoms. The molecule has 0 aliphatic rings. The smallest absolute Gasteiger partial charge is 0.387 e. The van der Waals surface area contributed by atoms with Crippen LogP contribution in [0.3, 0.4) is 0 Å². The van der Waals surface area contributed by atoms with Gasteiger partial charge in [-0.1, -0.05) is 308 Å². The average Bonchev–Trinajstić information content (AvgIpc) is 3.36. The van der Waals surface area contributed by atoms with E-state index in [0.717, 1.165) is 32.1 Å². The number of nitrogens with zero attached hydrogens (tertiary/aromatic N) is 1. The van der Waals surface area contributed by atoms with Crippen LogP contribution in [-0.2, 0) is 18.4 Å². The minimum absolute atomic E-state index is 0.0642. The highest BCUT2D eigenvalue weighted by Crippen LogP contribution is 2.43. The van der Waals surface area contributed by atoms with E-state index < -0.39 is 20.0 Å². The van der Waals surface area contributed by atoms with Gasteiger partial charge in [0, 0.05) is 6.42 Å². The fourth-order valence-electron chi connectivity index (χ4n) is 10.0. The lowest BCUT2D eigenvalue weighted by molar-refractivity contribution is -0.870. The van der Waals surface area contributed by atoms with Gasteiger partial charge in [-0.25, -0.2) is 4.57 Å². The molecule has 0 aromatic carbocycles. The molecule has 0 saturated carbocycles. The Balaban J connectivity index is 4.08. The highest BCUT2D eigenvalue weighted by molar-refractivity contribution is 7.47. The number of amides is 1. The molecule has 0 heterocycles. The number of likely N-dealkylation sites (N-methyl/N-ethyl adjacent to an activating group) is 1. The molecule has 9 heteroatoms. The predicted molar refractivity (Wildman–Crippen MR) is 323 cm³/mol. The van der Waals surface area contributed by atoms with Crippen LogP contribution in [0.2, 0.25) is 0 Å². The molecule has 0 aromatic rings. The maximum atomic E-state index is 13.0. The largest absolute Gasteiger partial charge is 0.472 e. The highest BCUT2D eigenvalue weighted by atomic mass is 31.2. The van der Waals surface area contributed by atoms with Crippen molar-refractivity contribution in [2.24, 2.45) is 0 Å². The molecule has 0 fully saturated rings. The van der Waals surface area contributed by atoms with E-state index >= 15 is 0 Å². The molecule has 3 N–H and O–H groups in total. The van der Waals surface area contributed by atoms with Gasteiger partial charge in [-0.3, -0.25) is 13.8 Å². The maximum absolute atomic E-state index is 13.0. The number of quaternary nitrogens is 1. The minimum atomic E-state index is -4.35. The van der Waals surface area contributed by atoms with Crippen LogP contribution in [0.4, 0.5) is 0 Å². The van der Waals surface area contributed by atoms with Gasteiger partial charge in [-0.2, -0.15) is 0 Å². The lowest BCUT2D eigenvalue weighted by atomic mass is 10.0. The number of carbonyl (C=O) groups excluding carboxylic acids is 1. The van der Waals surface area contributed by atoms with Gasteiger partial charge in [0.2, 0.25) is 5.91 Å². The SMILES string of the molecule is CCCCCCCCCC/C=C\CCCCCCCCCCCCCCCCCCCC(=O)NC(COP(=O)(O)OCC[N+](C)(C)C)C(O)/C=C/CCCCCCCCCCCCCCCCCCCCCCC. The molecule has 0 saturated heterocycles. The number of rotatable bonds is 61. The van der Waals surface area contributed by atoms with E-state index in [9.17, 15) is 19.4 Å². The molecule has 1 amide bonds. The molecule has 0 aromatic heterocycles. The summed E-state index contributed by atoms with van der Waals surface area (Å²) in [6.45, 7) is 4.87. The van der Waals surface area contributed by atoms with Crippen molar-refractivity contribution in [3.63, 3.8) is 0 Å². The zero-order valence-electron chi connectivity index (χ0n) is 50.4. The van der Waals surface area contributed by atoms with E-state index in [1.807, 2.05) is 27.2 Å². The second-order valence-corrected chi connectivity index (χ2v) is 25.3. The Hall–Kier alpha value is -1.02. The summed E-state index contributed by atoms with van der Waals surface area (Å²) in [7, 11) is 1.59. The molecule has 0 aliphatic carbocycles. The monoisotopic (exact) mass is 1070 g/mol. The third kappa shape index (κ3) is 58.7. The maximum Gasteiger partial charge on any atom is 0.472 e. The molecular formula is C65H130N2O6P+. The summed E-state index contributed by atoms with van der Waals surface area (Å²) in [6.07, 6.45) is 73.0. The van der Waals surface area contributed by atoms with Crippen LogP contribution in [0.15, 0.2) is 24.3 Å². The van der Waals surface area contributed by atoms with Crippen LogP contribution in [0.25, 0.3) is 0 Å². The summed E-state index contributed by atoms with van der Waals surface area (Å²) in [5, 5.41) is 14.0. The standard InChI is InChI=1S/C65H129N2O6P/c1-6-8-10-12-14-16-18-20-22-24-26-28-30-31-32-33-34-35-37-39-41-43-45-47-49-51-53-55-57-59-65(69)66-63(62-73-74(70,71)72-61-60-67(3,4)5)64(68)58-56-54-52-50-48-46-44-42-40-38-36-29-27-25-23-21-19-17-15-13-11-9-7-2/h24,26,56,58,63-64,68H,6-23,25,27-55,57,59-62H2,1-5H3,(H-,66,69,70,71)/p+1/b26-24-,58-56+. The first-order valence-corrected chi connectivity index (χ1v) is 34.2. The topological polar surface area (TPSA) is 105 Å². The molecule has 0 aliphatic heterocycles. The van der Waals surface area contributed by atoms with Gasteiger partial charge in [-0.15, -0.1) is 0 Å². The average molecular weight is 1070 g/mol. The second kappa shape index (κ2) is 56.7. The predicted octanol–water partition coefficient (Wildman–Crippen LogP) is 20.3. The van der Waals surface area contributed by atoms with Crippen LogP contribution in [0, 0.1) is 0 Å². The summed E-state index contributed by atoms with van der Waals surface area (Å²) < 4.78 is 23.8. The number of allylic oxidation sites excluding steroid dienone is 3. The van der Waals surface area contributed by atoms with E-state index in [-0.39, 0.29) is 19.1 Å². The molecule has 0 radical (unpaired) electrons. The number of unbranched alkanes of at least 4 members (excludes halogenated alkanes) is 46. The van der Waals surface area contributed by atoms with Crippen molar-refractivity contribution in [1.82, 2.24) is 5.32 Å². The first-order valence-electron chi connectivity index (χ1n) is 32.7. The molecule has 440 valence electrons. The normalized spacial score (nSPS) is 13.9. The van der Waals surface area contributed by atoms with Gasteiger partial charge >= 0.3 is 7.82 Å². The molecule has 3 unspecified atom stereocenters. The van der Waals surface area contributed by atoms with Crippen LogP contribution in [0.5, 0.6) is 0 Å². The number of nitrogens with one attached hydrogen (secondary N) is 1. The van der Waals surface area contributed by atoms with E-state index in [0.29, 0.717) is 17.4 Å². The Bertz CT molecular complexity index is 1260. The third-order valence-electron chi connectivity index (χ3n) is 15.2. The summed E-state index contributed by atoms with van der Waals surface area (Å²) in [5.74, 6) is -0.170. The minimum Gasteiger partial charge on any atom is -0.387 e. The van der Waals surface area contributed by atoms with Crippen molar-refractivity contribution in [2.45, 2.75) is 347 Å². The number of hydrogen-bond acceptors (Lipinski definition) is 5. The molecule has 0 rings (SSSR count). The molecular weight excluding hydrogens is 936 g/mol. The van der Waals surface area contributed by atoms with Crippen molar-refractivity contribution in [3.8, 4) is 0 Å². The third-order valence-corrected chi connectivity index (χ3v) is 16.1. The van der Waals surface area contributed by atoms with Crippen molar-refractivity contribution in [1.29, 1.82) is 0 Å². The van der Waals surface area contributed by atoms with Gasteiger partial charge in [0.25, 0.3) is 0 Å². The fourth-order valence-corrected chi connectivity index (χ4v) is 10.8.